The van der Waals surface area contributed by atoms with Crippen LogP contribution in [0.1, 0.15) is 38.6 Å². The van der Waals surface area contributed by atoms with E-state index >= 15 is 0 Å². The molecule has 112 valence electrons. The Bertz CT molecular complexity index is 644. The number of nitrogens with one attached hydrogen (secondary N) is 2. The Hall–Kier alpha value is -1.95. The average Bonchev–Trinajstić information content (AvgIpc) is 3.14. The second-order valence-electron chi connectivity index (χ2n) is 5.74. The van der Waals surface area contributed by atoms with E-state index in [1.165, 1.54) is 0 Å². The van der Waals surface area contributed by atoms with Gasteiger partial charge in [0.1, 0.15) is 0 Å². The van der Waals surface area contributed by atoms with Crippen LogP contribution in [0.25, 0.3) is 5.65 Å². The Labute approximate surface area is 123 Å². The topological polar surface area (TPSA) is 71.3 Å². The maximum atomic E-state index is 12.6. The molecule has 6 heteroatoms. The number of hydrogen-bond acceptors (Lipinski definition) is 4. The number of aromatic nitrogens is 3. The maximum Gasteiger partial charge on any atom is 0.228 e. The zero-order valence-electron chi connectivity index (χ0n) is 12.5. The third-order valence-corrected chi connectivity index (χ3v) is 4.48. The highest BCUT2D eigenvalue weighted by atomic mass is 16.2. The largest absolute Gasteiger partial charge is 0.346 e. The molecule has 2 atom stereocenters. The van der Waals surface area contributed by atoms with Crippen molar-refractivity contribution in [3.8, 4) is 0 Å². The van der Waals surface area contributed by atoms with Crippen LogP contribution in [0.15, 0.2) is 24.4 Å². The number of carbonyl (C=O) groups excluding carboxylic acids is 1. The molecule has 0 saturated carbocycles. The number of carbonyl (C=O) groups is 1. The molecule has 6 nitrogen and oxygen atoms in total. The number of amides is 1. The number of pyridine rings is 1. The third kappa shape index (κ3) is 2.40. The molecule has 21 heavy (non-hydrogen) atoms. The van der Waals surface area contributed by atoms with Crippen molar-refractivity contribution in [3.63, 3.8) is 0 Å². The Morgan fingerprint density at radius 3 is 3.10 bits per heavy atom. The van der Waals surface area contributed by atoms with Crippen LogP contribution in [0.3, 0.4) is 0 Å². The Morgan fingerprint density at radius 2 is 2.38 bits per heavy atom. The minimum Gasteiger partial charge on any atom is -0.346 e. The molecule has 2 aromatic heterocycles. The highest BCUT2D eigenvalue weighted by Crippen LogP contribution is 2.30. The van der Waals surface area contributed by atoms with Gasteiger partial charge in [-0.2, -0.15) is 0 Å². The van der Waals surface area contributed by atoms with Crippen LogP contribution in [-0.4, -0.2) is 33.6 Å². The van der Waals surface area contributed by atoms with Gasteiger partial charge in [-0.3, -0.25) is 9.20 Å². The van der Waals surface area contributed by atoms with Crippen molar-refractivity contribution in [3.05, 3.63) is 30.2 Å². The molecule has 0 spiro atoms. The minimum atomic E-state index is -0.283. The summed E-state index contributed by atoms with van der Waals surface area (Å²) in [6.07, 6.45) is 3.65. The first kappa shape index (κ1) is 14.0. The van der Waals surface area contributed by atoms with E-state index in [0.29, 0.717) is 0 Å². The molecule has 3 rings (SSSR count). The summed E-state index contributed by atoms with van der Waals surface area (Å²) in [5.74, 6) is 0.867. The lowest BCUT2D eigenvalue weighted by Crippen LogP contribution is -2.43. The SMILES string of the molecule is CCC1(C(=O)NC(C)c2nnc3ccccn23)CCNC1. The van der Waals surface area contributed by atoms with Gasteiger partial charge in [0.2, 0.25) is 5.91 Å². The first-order valence-electron chi connectivity index (χ1n) is 7.47. The van der Waals surface area contributed by atoms with E-state index < -0.39 is 0 Å². The molecule has 0 radical (unpaired) electrons. The van der Waals surface area contributed by atoms with Gasteiger partial charge in [0.15, 0.2) is 11.5 Å². The molecule has 2 aromatic rings. The van der Waals surface area contributed by atoms with Crippen LogP contribution in [-0.2, 0) is 4.79 Å². The summed E-state index contributed by atoms with van der Waals surface area (Å²) in [6, 6.07) is 5.59. The van der Waals surface area contributed by atoms with Crippen molar-refractivity contribution in [2.45, 2.75) is 32.7 Å². The fraction of sp³-hybridized carbons (Fsp3) is 0.533. The summed E-state index contributed by atoms with van der Waals surface area (Å²) in [6.45, 7) is 5.68. The number of fused-ring (bicyclic) bond motifs is 1. The van der Waals surface area contributed by atoms with E-state index in [9.17, 15) is 4.79 Å². The molecule has 1 fully saturated rings. The van der Waals surface area contributed by atoms with Crippen LogP contribution in [0.4, 0.5) is 0 Å². The van der Waals surface area contributed by atoms with Gasteiger partial charge in [-0.05, 0) is 38.4 Å². The van der Waals surface area contributed by atoms with Crippen LogP contribution in [0.5, 0.6) is 0 Å². The number of hydrogen-bond donors (Lipinski definition) is 2. The van der Waals surface area contributed by atoms with Gasteiger partial charge >= 0.3 is 0 Å². The van der Waals surface area contributed by atoms with Crippen molar-refractivity contribution >= 4 is 11.6 Å². The Balaban J connectivity index is 1.80. The van der Waals surface area contributed by atoms with E-state index in [4.69, 9.17) is 0 Å². The van der Waals surface area contributed by atoms with Crippen LogP contribution in [0.2, 0.25) is 0 Å². The predicted octanol–water partition coefficient (Wildman–Crippen LogP) is 1.30. The lowest BCUT2D eigenvalue weighted by molar-refractivity contribution is -0.131. The fourth-order valence-corrected chi connectivity index (χ4v) is 2.97. The van der Waals surface area contributed by atoms with E-state index in [2.05, 4.69) is 27.8 Å². The van der Waals surface area contributed by atoms with Crippen molar-refractivity contribution < 1.29 is 4.79 Å². The van der Waals surface area contributed by atoms with Crippen molar-refractivity contribution in [1.29, 1.82) is 0 Å². The van der Waals surface area contributed by atoms with Gasteiger partial charge in [-0.25, -0.2) is 0 Å². The molecule has 0 bridgehead atoms. The van der Waals surface area contributed by atoms with E-state index in [-0.39, 0.29) is 17.4 Å². The molecule has 0 aromatic carbocycles. The lowest BCUT2D eigenvalue weighted by Gasteiger charge is -2.27. The zero-order valence-corrected chi connectivity index (χ0v) is 12.5. The molecule has 2 unspecified atom stereocenters. The normalized spacial score (nSPS) is 23.3. The molecular formula is C15H21N5O. The molecule has 0 aliphatic carbocycles. The Morgan fingerprint density at radius 1 is 1.52 bits per heavy atom. The molecular weight excluding hydrogens is 266 g/mol. The van der Waals surface area contributed by atoms with E-state index in [0.717, 1.165) is 37.4 Å². The fourth-order valence-electron chi connectivity index (χ4n) is 2.97. The Kier molecular flexibility index (Phi) is 3.63. The molecule has 1 amide bonds. The van der Waals surface area contributed by atoms with Crippen molar-refractivity contribution in [1.82, 2.24) is 25.2 Å². The standard InChI is InChI=1S/C15H21N5O/c1-3-15(7-8-16-10-15)14(21)17-11(2)13-19-18-12-6-4-5-9-20(12)13/h4-6,9,11,16H,3,7-8,10H2,1-2H3,(H,17,21). The zero-order chi connectivity index (χ0) is 14.9. The second-order valence-corrected chi connectivity index (χ2v) is 5.74. The summed E-state index contributed by atoms with van der Waals surface area (Å²) in [4.78, 5) is 12.6. The molecule has 1 aliphatic rings. The monoisotopic (exact) mass is 287 g/mol. The number of rotatable bonds is 4. The highest BCUT2D eigenvalue weighted by molar-refractivity contribution is 5.83. The smallest absolute Gasteiger partial charge is 0.228 e. The summed E-state index contributed by atoms with van der Waals surface area (Å²) in [5, 5.41) is 14.7. The molecule has 2 N–H and O–H groups in total. The summed E-state index contributed by atoms with van der Waals surface area (Å²) in [7, 11) is 0. The van der Waals surface area contributed by atoms with Gasteiger partial charge in [0.25, 0.3) is 0 Å². The van der Waals surface area contributed by atoms with E-state index in [1.54, 1.807) is 0 Å². The van der Waals surface area contributed by atoms with Crippen LogP contribution in [0, 0.1) is 5.41 Å². The minimum absolute atomic E-state index is 0.107. The summed E-state index contributed by atoms with van der Waals surface area (Å²) < 4.78 is 1.91. The molecule has 1 aliphatic heterocycles. The van der Waals surface area contributed by atoms with Gasteiger partial charge in [0.05, 0.1) is 11.5 Å². The predicted molar refractivity (Wildman–Crippen MR) is 79.8 cm³/mol. The van der Waals surface area contributed by atoms with Gasteiger partial charge < -0.3 is 10.6 Å². The summed E-state index contributed by atoms with van der Waals surface area (Å²) in [5.41, 5.74) is 0.510. The van der Waals surface area contributed by atoms with Crippen LogP contribution >= 0.6 is 0 Å². The first-order valence-corrected chi connectivity index (χ1v) is 7.47. The average molecular weight is 287 g/mol. The maximum absolute atomic E-state index is 12.6. The molecule has 3 heterocycles. The van der Waals surface area contributed by atoms with Crippen LogP contribution < -0.4 is 10.6 Å². The highest BCUT2D eigenvalue weighted by Gasteiger charge is 2.40. The van der Waals surface area contributed by atoms with Gasteiger partial charge in [-0.15, -0.1) is 10.2 Å². The second kappa shape index (κ2) is 5.44. The van der Waals surface area contributed by atoms with Crippen molar-refractivity contribution in [2.24, 2.45) is 5.41 Å². The first-order chi connectivity index (χ1) is 10.2. The molecule has 1 saturated heterocycles. The summed E-state index contributed by atoms with van der Waals surface area (Å²) >= 11 is 0. The number of nitrogens with zero attached hydrogens (tertiary/aromatic N) is 3. The van der Waals surface area contributed by atoms with Gasteiger partial charge in [0, 0.05) is 12.7 Å². The van der Waals surface area contributed by atoms with Crippen molar-refractivity contribution in [2.75, 3.05) is 13.1 Å². The van der Waals surface area contributed by atoms with E-state index in [1.807, 2.05) is 35.7 Å². The quantitative estimate of drug-likeness (QED) is 0.889. The van der Waals surface area contributed by atoms with Gasteiger partial charge in [-0.1, -0.05) is 13.0 Å². The lowest BCUT2D eigenvalue weighted by atomic mass is 9.83. The third-order valence-electron chi connectivity index (χ3n) is 4.48.